The van der Waals surface area contributed by atoms with Crippen LogP contribution in [0.1, 0.15) is 50.0 Å². The van der Waals surface area contributed by atoms with Crippen molar-refractivity contribution in [2.24, 2.45) is 5.41 Å². The molecule has 0 radical (unpaired) electrons. The molecule has 2 aliphatic rings. The first-order chi connectivity index (χ1) is 29.2. The second-order valence-electron chi connectivity index (χ2n) is 15.8. The maximum Gasteiger partial charge on any atom is 0.573 e. The van der Waals surface area contributed by atoms with Crippen molar-refractivity contribution >= 4 is 52.5 Å². The number of allylic oxidation sites excluding steroid dienone is 1. The molecule has 0 spiro atoms. The van der Waals surface area contributed by atoms with Gasteiger partial charge >= 0.3 is 12.5 Å². The number of likely N-dealkylation sites (tertiary alicyclic amines) is 1. The second kappa shape index (κ2) is 19.9. The molecule has 62 heavy (non-hydrogen) atoms. The Bertz CT molecular complexity index is 2170. The van der Waals surface area contributed by atoms with Gasteiger partial charge in [0.05, 0.1) is 42.1 Å². The molecule has 334 valence electrons. The fourth-order valence-electron chi connectivity index (χ4n) is 7.10. The van der Waals surface area contributed by atoms with Crippen LogP contribution in [0.15, 0.2) is 72.7 Å². The molecule has 2 unspecified atom stereocenters. The Morgan fingerprint density at radius 2 is 1.65 bits per heavy atom. The van der Waals surface area contributed by atoms with E-state index >= 15 is 0 Å². The van der Waals surface area contributed by atoms with Crippen LogP contribution >= 0.6 is 11.6 Å². The standard InChI is InChI=1S/C43H51ClF3N7O8/c1-25(34(24-55)50-26(2)35-18-30(60-6)23-54(35)38(56)22-49-41(59)61-7)27-8-10-28(11-9-27)31-19-32(44)33(20-36(31)62-43(45,46)47)51-39(57)29-12-13-37(48-21-29)52-14-16-53(17-15-52)40(58)42(3,4)5/h8-13,19-21,30,35,50,55H,2,14-18,22-24H2,1,3-7H3,(H,49,59)(H,51,57)/b34-25+. The number of carbonyl (C=O) groups excluding carboxylic acids is 4. The quantitative estimate of drug-likeness (QED) is 0.158. The maximum atomic E-state index is 13.7. The third-order valence-corrected chi connectivity index (χ3v) is 10.8. The van der Waals surface area contributed by atoms with Gasteiger partial charge in [0.1, 0.15) is 18.1 Å². The summed E-state index contributed by atoms with van der Waals surface area (Å²) < 4.78 is 55.7. The van der Waals surface area contributed by atoms with Gasteiger partial charge in [-0.3, -0.25) is 14.4 Å². The average Bonchev–Trinajstić information content (AvgIpc) is 3.69. The number of aliphatic hydroxyl groups is 1. The SMILES string of the molecule is C=C(N/C(CO)=C(\C)c1ccc(-c2cc(Cl)c(NC(=O)c3ccc(N4CCN(C(=O)C(C)(C)C)CC4)nc3)cc2OC(F)(F)F)cc1)C1CC(OC)CN1C(=O)CNC(=O)OC. The molecule has 4 amide bonds. The molecule has 5 rings (SSSR count). The second-order valence-corrected chi connectivity index (χ2v) is 16.2. The van der Waals surface area contributed by atoms with Crippen molar-refractivity contribution < 1.29 is 51.7 Å². The number of alkyl halides is 3. The molecule has 3 heterocycles. The highest BCUT2D eigenvalue weighted by atomic mass is 35.5. The molecule has 2 aliphatic heterocycles. The van der Waals surface area contributed by atoms with Crippen molar-refractivity contribution in [3.8, 4) is 16.9 Å². The van der Waals surface area contributed by atoms with Gasteiger partial charge in [0, 0.05) is 80.9 Å². The minimum absolute atomic E-state index is 0.0110. The molecule has 2 saturated heterocycles. The third-order valence-electron chi connectivity index (χ3n) is 10.5. The number of aliphatic hydroxyl groups excluding tert-OH is 1. The lowest BCUT2D eigenvalue weighted by Crippen LogP contribution is -2.51. The summed E-state index contributed by atoms with van der Waals surface area (Å²) in [7, 11) is 2.70. The molecular formula is C43H51ClF3N7O8. The number of benzene rings is 2. The van der Waals surface area contributed by atoms with E-state index in [4.69, 9.17) is 16.3 Å². The first kappa shape index (κ1) is 47.2. The molecule has 2 atom stereocenters. The molecule has 0 aliphatic carbocycles. The number of piperazine rings is 1. The zero-order chi connectivity index (χ0) is 45.5. The predicted molar refractivity (Wildman–Crippen MR) is 227 cm³/mol. The summed E-state index contributed by atoms with van der Waals surface area (Å²) in [5, 5.41) is 18.4. The lowest BCUT2D eigenvalue weighted by atomic mass is 9.94. The van der Waals surface area contributed by atoms with Gasteiger partial charge in [-0.15, -0.1) is 13.2 Å². The van der Waals surface area contributed by atoms with Crippen molar-refractivity contribution in [3.05, 3.63) is 88.9 Å². The summed E-state index contributed by atoms with van der Waals surface area (Å²) in [6.45, 7) is 13.1. The Kier molecular flexibility index (Phi) is 15.1. The minimum atomic E-state index is -5.08. The van der Waals surface area contributed by atoms with Crippen molar-refractivity contribution in [2.45, 2.75) is 52.6 Å². The van der Waals surface area contributed by atoms with Gasteiger partial charge in [-0.2, -0.15) is 0 Å². The van der Waals surface area contributed by atoms with Gasteiger partial charge in [-0.1, -0.05) is 63.2 Å². The molecule has 0 bridgehead atoms. The number of rotatable bonds is 13. The average molecular weight is 886 g/mol. The Balaban J connectivity index is 1.30. The number of hydrogen-bond donors (Lipinski definition) is 4. The number of carbonyl (C=O) groups is 4. The van der Waals surface area contributed by atoms with Gasteiger partial charge in [0.2, 0.25) is 11.8 Å². The highest BCUT2D eigenvalue weighted by Crippen LogP contribution is 2.40. The molecule has 4 N–H and O–H groups in total. The van der Waals surface area contributed by atoms with Crippen molar-refractivity contribution in [3.63, 3.8) is 0 Å². The van der Waals surface area contributed by atoms with Gasteiger partial charge < -0.3 is 50.0 Å². The van der Waals surface area contributed by atoms with E-state index < -0.39 is 48.1 Å². The van der Waals surface area contributed by atoms with E-state index in [1.165, 1.54) is 31.4 Å². The topological polar surface area (TPSA) is 175 Å². The van der Waals surface area contributed by atoms with Crippen LogP contribution in [0, 0.1) is 5.41 Å². The van der Waals surface area contributed by atoms with E-state index in [2.05, 4.69) is 37.0 Å². The number of hydrogen-bond acceptors (Lipinski definition) is 11. The van der Waals surface area contributed by atoms with Crippen LogP contribution in [-0.4, -0.2) is 122 Å². The molecular weight excluding hydrogens is 835 g/mol. The number of anilines is 2. The van der Waals surface area contributed by atoms with E-state index in [9.17, 15) is 37.5 Å². The zero-order valence-corrected chi connectivity index (χ0v) is 36.1. The number of nitrogens with one attached hydrogen (secondary N) is 3. The Morgan fingerprint density at radius 1 is 0.984 bits per heavy atom. The zero-order valence-electron chi connectivity index (χ0n) is 35.3. The van der Waals surface area contributed by atoms with Gasteiger partial charge in [0.25, 0.3) is 5.91 Å². The number of amides is 4. The molecule has 15 nitrogen and oxygen atoms in total. The van der Waals surface area contributed by atoms with Gasteiger partial charge in [-0.25, -0.2) is 9.78 Å². The third kappa shape index (κ3) is 11.7. The summed E-state index contributed by atoms with van der Waals surface area (Å²) in [6, 6.07) is 11.3. The number of nitrogens with zero attached hydrogens (tertiary/aromatic N) is 4. The molecule has 2 fully saturated rings. The first-order valence-electron chi connectivity index (χ1n) is 19.6. The Hall–Kier alpha value is -5.85. The summed E-state index contributed by atoms with van der Waals surface area (Å²) in [5.41, 5.74) is 1.73. The van der Waals surface area contributed by atoms with Gasteiger partial charge in [0.15, 0.2) is 0 Å². The number of pyridine rings is 1. The highest BCUT2D eigenvalue weighted by Gasteiger charge is 2.38. The summed E-state index contributed by atoms with van der Waals surface area (Å²) in [4.78, 5) is 60.2. The lowest BCUT2D eigenvalue weighted by molar-refractivity contribution is -0.274. The molecule has 2 aromatic carbocycles. The van der Waals surface area contributed by atoms with E-state index in [0.717, 1.165) is 6.07 Å². The molecule has 19 heteroatoms. The number of alkyl carbamates (subject to hydrolysis) is 1. The molecule has 1 aromatic heterocycles. The van der Waals surface area contributed by atoms with E-state index in [-0.39, 0.29) is 46.9 Å². The minimum Gasteiger partial charge on any atom is -0.453 e. The number of methoxy groups -OCH3 is 2. The van der Waals surface area contributed by atoms with Crippen LogP contribution in [0.3, 0.4) is 0 Å². The fourth-order valence-corrected chi connectivity index (χ4v) is 7.31. The predicted octanol–water partition coefficient (Wildman–Crippen LogP) is 6.05. The summed E-state index contributed by atoms with van der Waals surface area (Å²) in [5.74, 6) is -0.999. The monoisotopic (exact) mass is 885 g/mol. The summed E-state index contributed by atoms with van der Waals surface area (Å²) >= 11 is 6.56. The molecule has 0 saturated carbocycles. The van der Waals surface area contributed by atoms with Crippen molar-refractivity contribution in [1.82, 2.24) is 25.4 Å². The van der Waals surface area contributed by atoms with Crippen LogP contribution in [0.2, 0.25) is 5.02 Å². The fraction of sp³-hybridized carbons (Fsp3) is 0.419. The lowest BCUT2D eigenvalue weighted by Gasteiger charge is -2.38. The van der Waals surface area contributed by atoms with Crippen molar-refractivity contribution in [2.75, 3.05) is 70.3 Å². The maximum absolute atomic E-state index is 13.7. The van der Waals surface area contributed by atoms with Crippen LogP contribution in [-0.2, 0) is 19.1 Å². The van der Waals surface area contributed by atoms with Crippen molar-refractivity contribution in [1.29, 1.82) is 0 Å². The van der Waals surface area contributed by atoms with Crippen LogP contribution < -0.4 is 25.6 Å². The number of aromatic nitrogens is 1. The summed E-state index contributed by atoms with van der Waals surface area (Å²) in [6.07, 6.45) is -4.39. The van der Waals surface area contributed by atoms with Crippen LogP contribution in [0.4, 0.5) is 29.5 Å². The number of ether oxygens (including phenoxy) is 3. The van der Waals surface area contributed by atoms with E-state index in [1.54, 1.807) is 43.3 Å². The van der Waals surface area contributed by atoms with E-state index in [0.29, 0.717) is 66.5 Å². The number of halogens is 4. The normalized spacial score (nSPS) is 17.2. The van der Waals surface area contributed by atoms with Gasteiger partial charge in [-0.05, 0) is 41.8 Å². The van der Waals surface area contributed by atoms with Crippen LogP contribution in [0.25, 0.3) is 16.7 Å². The first-order valence-corrected chi connectivity index (χ1v) is 20.0. The largest absolute Gasteiger partial charge is 0.573 e. The smallest absolute Gasteiger partial charge is 0.453 e. The highest BCUT2D eigenvalue weighted by molar-refractivity contribution is 6.34. The van der Waals surface area contributed by atoms with Crippen LogP contribution in [0.5, 0.6) is 5.75 Å². The molecule has 3 aromatic rings. The van der Waals surface area contributed by atoms with E-state index in [1.807, 2.05) is 30.6 Å². The Morgan fingerprint density at radius 3 is 2.21 bits per heavy atom. The Labute approximate surface area is 362 Å².